The molecular weight excluding hydrogens is 260 g/mol. The molecule has 0 radical (unpaired) electrons. The van der Waals surface area contributed by atoms with Gasteiger partial charge >= 0.3 is 0 Å². The van der Waals surface area contributed by atoms with Gasteiger partial charge in [-0.1, -0.05) is 60.2 Å². The van der Waals surface area contributed by atoms with Crippen LogP contribution in [-0.2, 0) is 13.1 Å². The van der Waals surface area contributed by atoms with Gasteiger partial charge < -0.3 is 5.32 Å². The predicted octanol–water partition coefficient (Wildman–Crippen LogP) is 3.07. The summed E-state index contributed by atoms with van der Waals surface area (Å²) in [5.74, 6) is 0. The Balaban J connectivity index is 1.64. The molecule has 0 unspecified atom stereocenters. The fraction of sp³-hybridized carbons (Fsp3) is 0.176. The number of H-pyrrole nitrogens is 1. The van der Waals surface area contributed by atoms with Crippen LogP contribution in [0.1, 0.15) is 16.8 Å². The maximum atomic E-state index is 4.25. The van der Waals surface area contributed by atoms with E-state index in [0.29, 0.717) is 6.54 Å². The molecule has 1 heterocycles. The number of benzene rings is 2. The van der Waals surface area contributed by atoms with Crippen LogP contribution in [0, 0.1) is 6.92 Å². The largest absolute Gasteiger partial charge is 0.307 e. The molecule has 2 aromatic carbocycles. The highest BCUT2D eigenvalue weighted by Gasteiger charge is 2.09. The summed E-state index contributed by atoms with van der Waals surface area (Å²) >= 11 is 0. The summed E-state index contributed by atoms with van der Waals surface area (Å²) in [5.41, 5.74) is 5.48. The second kappa shape index (κ2) is 6.33. The number of nitrogens with zero attached hydrogens (tertiary/aromatic N) is 2. The van der Waals surface area contributed by atoms with E-state index in [1.54, 1.807) is 0 Å². The van der Waals surface area contributed by atoms with Crippen molar-refractivity contribution in [3.8, 4) is 11.3 Å². The van der Waals surface area contributed by atoms with E-state index < -0.39 is 0 Å². The average Bonchev–Trinajstić information content (AvgIpc) is 2.99. The molecule has 0 fully saturated rings. The summed E-state index contributed by atoms with van der Waals surface area (Å²) in [6, 6.07) is 18.6. The standard InChI is InChI=1S/C17H18N4/c1-13-7-9-14(10-8-13)11-18-12-16-17(20-21-19-16)15-5-3-2-4-6-15/h2-10,18H,11-12H2,1H3,(H,19,20,21). The van der Waals surface area contributed by atoms with Gasteiger partial charge in [-0.05, 0) is 12.5 Å². The lowest BCUT2D eigenvalue weighted by Gasteiger charge is -2.05. The van der Waals surface area contributed by atoms with Gasteiger partial charge in [-0.25, -0.2) is 0 Å². The molecule has 2 N–H and O–H groups in total. The van der Waals surface area contributed by atoms with Gasteiger partial charge in [0.05, 0.1) is 0 Å². The summed E-state index contributed by atoms with van der Waals surface area (Å²) < 4.78 is 0. The van der Waals surface area contributed by atoms with Crippen molar-refractivity contribution < 1.29 is 0 Å². The van der Waals surface area contributed by atoms with E-state index >= 15 is 0 Å². The lowest BCUT2D eigenvalue weighted by Crippen LogP contribution is -2.13. The number of hydrogen-bond acceptors (Lipinski definition) is 3. The van der Waals surface area contributed by atoms with Gasteiger partial charge in [0.1, 0.15) is 11.4 Å². The van der Waals surface area contributed by atoms with Gasteiger partial charge in [0.2, 0.25) is 0 Å². The third-order valence-electron chi connectivity index (χ3n) is 3.41. The summed E-state index contributed by atoms with van der Waals surface area (Å²) in [7, 11) is 0. The molecule has 0 saturated heterocycles. The van der Waals surface area contributed by atoms with Gasteiger partial charge in [-0.2, -0.15) is 15.4 Å². The van der Waals surface area contributed by atoms with E-state index in [0.717, 1.165) is 23.5 Å². The first-order chi connectivity index (χ1) is 10.3. The van der Waals surface area contributed by atoms with Crippen molar-refractivity contribution in [1.82, 2.24) is 20.7 Å². The molecule has 4 nitrogen and oxygen atoms in total. The molecular formula is C17H18N4. The zero-order valence-corrected chi connectivity index (χ0v) is 12.0. The van der Waals surface area contributed by atoms with Crippen molar-refractivity contribution in [1.29, 1.82) is 0 Å². The SMILES string of the molecule is Cc1ccc(CNCc2n[nH]nc2-c2ccccc2)cc1. The zero-order chi connectivity index (χ0) is 14.5. The molecule has 0 amide bonds. The Morgan fingerprint density at radius 1 is 0.905 bits per heavy atom. The zero-order valence-electron chi connectivity index (χ0n) is 12.0. The Labute approximate surface area is 124 Å². The highest BCUT2D eigenvalue weighted by Crippen LogP contribution is 2.18. The van der Waals surface area contributed by atoms with E-state index in [9.17, 15) is 0 Å². The molecule has 4 heteroatoms. The number of aryl methyl sites for hydroxylation is 1. The molecule has 0 aliphatic heterocycles. The predicted molar refractivity (Wildman–Crippen MR) is 83.5 cm³/mol. The van der Waals surface area contributed by atoms with Gasteiger partial charge in [0.25, 0.3) is 0 Å². The summed E-state index contributed by atoms with van der Waals surface area (Å²) in [4.78, 5) is 0. The van der Waals surface area contributed by atoms with Crippen molar-refractivity contribution >= 4 is 0 Å². The Hall–Kier alpha value is -2.46. The Morgan fingerprint density at radius 3 is 2.43 bits per heavy atom. The average molecular weight is 278 g/mol. The second-order valence-electron chi connectivity index (χ2n) is 5.07. The second-order valence-corrected chi connectivity index (χ2v) is 5.07. The number of hydrogen-bond donors (Lipinski definition) is 2. The van der Waals surface area contributed by atoms with Crippen LogP contribution >= 0.6 is 0 Å². The molecule has 21 heavy (non-hydrogen) atoms. The Bertz CT molecular complexity index is 686. The van der Waals surface area contributed by atoms with Crippen LogP contribution in [0.3, 0.4) is 0 Å². The smallest absolute Gasteiger partial charge is 0.117 e. The van der Waals surface area contributed by atoms with Gasteiger partial charge in [-0.15, -0.1) is 0 Å². The van der Waals surface area contributed by atoms with Gasteiger partial charge in [-0.3, -0.25) is 0 Å². The molecule has 0 spiro atoms. The molecule has 3 aromatic rings. The molecule has 1 aromatic heterocycles. The van der Waals surface area contributed by atoms with E-state index in [2.05, 4.69) is 51.9 Å². The van der Waals surface area contributed by atoms with Crippen molar-refractivity contribution in [3.63, 3.8) is 0 Å². The minimum absolute atomic E-state index is 0.689. The normalized spacial score (nSPS) is 10.7. The molecule has 0 bridgehead atoms. The molecule has 0 atom stereocenters. The fourth-order valence-corrected chi connectivity index (χ4v) is 2.23. The lowest BCUT2D eigenvalue weighted by molar-refractivity contribution is 0.677. The van der Waals surface area contributed by atoms with E-state index in [1.165, 1.54) is 11.1 Å². The molecule has 0 aliphatic carbocycles. The van der Waals surface area contributed by atoms with Crippen molar-refractivity contribution in [2.45, 2.75) is 20.0 Å². The molecule has 0 saturated carbocycles. The Morgan fingerprint density at radius 2 is 1.67 bits per heavy atom. The molecule has 3 rings (SSSR count). The maximum absolute atomic E-state index is 4.25. The topological polar surface area (TPSA) is 53.6 Å². The third-order valence-corrected chi connectivity index (χ3v) is 3.41. The lowest BCUT2D eigenvalue weighted by atomic mass is 10.1. The van der Waals surface area contributed by atoms with Crippen LogP contribution in [0.2, 0.25) is 0 Å². The quantitative estimate of drug-likeness (QED) is 0.754. The van der Waals surface area contributed by atoms with E-state index in [1.807, 2.05) is 30.3 Å². The van der Waals surface area contributed by atoms with Gasteiger partial charge in [0.15, 0.2) is 0 Å². The number of rotatable bonds is 5. The first kappa shape index (κ1) is 13.5. The molecule has 106 valence electrons. The highest BCUT2D eigenvalue weighted by molar-refractivity contribution is 5.60. The van der Waals surface area contributed by atoms with Crippen molar-refractivity contribution in [3.05, 3.63) is 71.4 Å². The van der Waals surface area contributed by atoms with Crippen LogP contribution in [0.15, 0.2) is 54.6 Å². The van der Waals surface area contributed by atoms with Crippen LogP contribution in [0.4, 0.5) is 0 Å². The van der Waals surface area contributed by atoms with Crippen LogP contribution in [0.5, 0.6) is 0 Å². The fourth-order valence-electron chi connectivity index (χ4n) is 2.23. The minimum Gasteiger partial charge on any atom is -0.307 e. The van der Waals surface area contributed by atoms with Gasteiger partial charge in [0, 0.05) is 18.7 Å². The number of nitrogens with one attached hydrogen (secondary N) is 2. The minimum atomic E-state index is 0.689. The maximum Gasteiger partial charge on any atom is 0.117 e. The number of aromatic nitrogens is 3. The number of aromatic amines is 1. The van der Waals surface area contributed by atoms with Crippen LogP contribution in [0.25, 0.3) is 11.3 Å². The first-order valence-corrected chi connectivity index (χ1v) is 7.04. The summed E-state index contributed by atoms with van der Waals surface area (Å²) in [6.07, 6.45) is 0. The van der Waals surface area contributed by atoms with E-state index in [4.69, 9.17) is 0 Å². The van der Waals surface area contributed by atoms with Crippen molar-refractivity contribution in [2.75, 3.05) is 0 Å². The van der Waals surface area contributed by atoms with E-state index in [-0.39, 0.29) is 0 Å². The summed E-state index contributed by atoms with van der Waals surface area (Å²) in [6.45, 7) is 3.61. The monoisotopic (exact) mass is 278 g/mol. The van der Waals surface area contributed by atoms with Crippen LogP contribution in [-0.4, -0.2) is 15.4 Å². The summed E-state index contributed by atoms with van der Waals surface area (Å²) in [5, 5.41) is 14.6. The molecule has 0 aliphatic rings. The Kier molecular flexibility index (Phi) is 4.07. The third kappa shape index (κ3) is 3.35. The van der Waals surface area contributed by atoms with Crippen LogP contribution < -0.4 is 5.32 Å². The van der Waals surface area contributed by atoms with Crippen molar-refractivity contribution in [2.24, 2.45) is 0 Å². The first-order valence-electron chi connectivity index (χ1n) is 7.04. The highest BCUT2D eigenvalue weighted by atomic mass is 15.3.